The highest BCUT2D eigenvalue weighted by atomic mass is 35.5. The van der Waals surface area contributed by atoms with Crippen LogP contribution in [-0.4, -0.2) is 24.0 Å². The quantitative estimate of drug-likeness (QED) is 0.278. The van der Waals surface area contributed by atoms with Gasteiger partial charge in [-0.1, -0.05) is 55.3 Å². The first kappa shape index (κ1) is 24.5. The van der Waals surface area contributed by atoms with Crippen molar-refractivity contribution in [3.63, 3.8) is 0 Å². The number of carbonyl (C=O) groups is 2. The highest BCUT2D eigenvalue weighted by molar-refractivity contribution is 7.17. The lowest BCUT2D eigenvalue weighted by Gasteiger charge is -2.20. The minimum atomic E-state index is -0.407. The Balaban J connectivity index is 1.61. The average Bonchev–Trinajstić information content (AvgIpc) is 3.25. The van der Waals surface area contributed by atoms with Gasteiger partial charge in [0, 0.05) is 20.8 Å². The average molecular weight is 519 g/mol. The number of ether oxygens (including phenoxy) is 1. The number of methoxy groups -OCH3 is 1. The molecule has 4 aromatic rings. The van der Waals surface area contributed by atoms with Gasteiger partial charge in [-0.15, -0.1) is 11.3 Å². The van der Waals surface area contributed by atoms with E-state index in [0.717, 1.165) is 59.0 Å². The Kier molecular flexibility index (Phi) is 6.82. The molecular weight excluding hydrogens is 492 g/mol. The largest absolute Gasteiger partial charge is 0.465 e. The monoisotopic (exact) mass is 518 g/mol. The smallest absolute Gasteiger partial charge is 0.341 e. The first-order valence-electron chi connectivity index (χ1n) is 12.1. The molecule has 7 heteroatoms. The molecule has 0 saturated carbocycles. The van der Waals surface area contributed by atoms with Crippen LogP contribution in [0.4, 0.5) is 5.00 Å². The molecule has 0 spiro atoms. The summed E-state index contributed by atoms with van der Waals surface area (Å²) in [7, 11) is 1.38. The molecule has 1 aliphatic rings. The van der Waals surface area contributed by atoms with Crippen LogP contribution in [0.1, 0.15) is 56.5 Å². The van der Waals surface area contributed by atoms with Gasteiger partial charge in [-0.2, -0.15) is 0 Å². The molecule has 0 radical (unpaired) electrons. The van der Waals surface area contributed by atoms with Gasteiger partial charge in [0.1, 0.15) is 5.00 Å². The number of halogens is 1. The summed E-state index contributed by atoms with van der Waals surface area (Å²) in [6, 6.07) is 15.1. The van der Waals surface area contributed by atoms with Crippen molar-refractivity contribution in [2.24, 2.45) is 5.92 Å². The number of pyridine rings is 1. The van der Waals surface area contributed by atoms with Crippen LogP contribution < -0.4 is 5.32 Å². The number of hydrogen-bond donors (Lipinski definition) is 1. The lowest BCUT2D eigenvalue weighted by atomic mass is 9.85. The van der Waals surface area contributed by atoms with Crippen molar-refractivity contribution < 1.29 is 14.3 Å². The van der Waals surface area contributed by atoms with Crippen LogP contribution in [0.2, 0.25) is 5.02 Å². The molecule has 5 nitrogen and oxygen atoms in total. The van der Waals surface area contributed by atoms with E-state index in [1.807, 2.05) is 55.5 Å². The Morgan fingerprint density at radius 3 is 2.61 bits per heavy atom. The van der Waals surface area contributed by atoms with Crippen molar-refractivity contribution in [1.82, 2.24) is 4.98 Å². The highest BCUT2D eigenvalue weighted by Gasteiger charge is 2.30. The minimum absolute atomic E-state index is 0.267. The number of hydrogen-bond acceptors (Lipinski definition) is 5. The maximum atomic E-state index is 13.9. The molecule has 0 aliphatic heterocycles. The number of carbonyl (C=O) groups excluding carboxylic acids is 2. The van der Waals surface area contributed by atoms with E-state index in [9.17, 15) is 9.59 Å². The van der Waals surface area contributed by atoms with E-state index in [1.54, 1.807) is 0 Å². The molecule has 1 amide bonds. The van der Waals surface area contributed by atoms with Crippen LogP contribution >= 0.6 is 22.9 Å². The molecule has 0 bridgehead atoms. The molecule has 1 unspecified atom stereocenters. The number of anilines is 1. The Labute approximate surface area is 219 Å². The van der Waals surface area contributed by atoms with Crippen LogP contribution in [-0.2, 0) is 17.6 Å². The number of fused-ring (bicyclic) bond motifs is 2. The second-order valence-corrected chi connectivity index (χ2v) is 10.7. The lowest BCUT2D eigenvalue weighted by molar-refractivity contribution is 0.0601. The number of thiophene rings is 1. The maximum Gasteiger partial charge on any atom is 0.341 e. The highest BCUT2D eigenvalue weighted by Crippen LogP contribution is 2.41. The van der Waals surface area contributed by atoms with E-state index in [2.05, 4.69) is 12.2 Å². The summed E-state index contributed by atoms with van der Waals surface area (Å²) in [6.07, 6.45) is 3.88. The lowest BCUT2D eigenvalue weighted by Crippen LogP contribution is -2.18. The molecule has 2 heterocycles. The topological polar surface area (TPSA) is 68.3 Å². The fraction of sp³-hybridized carbons (Fsp3) is 0.276. The summed E-state index contributed by atoms with van der Waals surface area (Å²) in [4.78, 5) is 32.7. The first-order chi connectivity index (χ1) is 17.4. The third-order valence-electron chi connectivity index (χ3n) is 7.04. The summed E-state index contributed by atoms with van der Waals surface area (Å²) in [5.74, 6) is -0.0773. The van der Waals surface area contributed by atoms with E-state index in [1.165, 1.54) is 23.3 Å². The predicted molar refractivity (Wildman–Crippen MR) is 146 cm³/mol. The second kappa shape index (κ2) is 10.0. The first-order valence-corrected chi connectivity index (χ1v) is 13.3. The van der Waals surface area contributed by atoms with Crippen molar-refractivity contribution in [2.75, 3.05) is 12.4 Å². The van der Waals surface area contributed by atoms with Crippen LogP contribution in [0, 0.1) is 12.8 Å². The van der Waals surface area contributed by atoms with Crippen LogP contribution in [0.15, 0.2) is 48.5 Å². The predicted octanol–water partition coefficient (Wildman–Crippen LogP) is 7.48. The van der Waals surface area contributed by atoms with Crippen LogP contribution in [0.5, 0.6) is 0 Å². The van der Waals surface area contributed by atoms with Crippen LogP contribution in [0.3, 0.4) is 0 Å². The zero-order valence-electron chi connectivity index (χ0n) is 20.5. The van der Waals surface area contributed by atoms with Gasteiger partial charge in [0.05, 0.1) is 29.4 Å². The molecule has 1 atom stereocenters. The zero-order chi connectivity index (χ0) is 25.4. The summed E-state index contributed by atoms with van der Waals surface area (Å²) in [6.45, 7) is 4.10. The number of nitrogens with zero attached hydrogens (tertiary/aromatic N) is 1. The van der Waals surface area contributed by atoms with Crippen molar-refractivity contribution in [2.45, 2.75) is 39.5 Å². The number of esters is 1. The normalized spacial score (nSPS) is 14.9. The SMILES string of the molecule is CCC1CCc2c(sc(NC(=O)c3c(C)c(-c4ccc(Cl)cc4)nc4ccccc34)c2C(=O)OC)C1. The molecule has 1 aliphatic carbocycles. The molecular formula is C29H27ClN2O3S. The van der Waals surface area contributed by atoms with E-state index in [-0.39, 0.29) is 5.91 Å². The second-order valence-electron chi connectivity index (χ2n) is 9.16. The number of para-hydroxylation sites is 1. The van der Waals surface area contributed by atoms with E-state index in [4.69, 9.17) is 21.3 Å². The van der Waals surface area contributed by atoms with E-state index < -0.39 is 5.97 Å². The van der Waals surface area contributed by atoms with E-state index in [0.29, 0.717) is 27.1 Å². The van der Waals surface area contributed by atoms with Crippen molar-refractivity contribution in [1.29, 1.82) is 0 Å². The molecule has 184 valence electrons. The summed E-state index contributed by atoms with van der Waals surface area (Å²) in [5, 5.41) is 5.04. The summed E-state index contributed by atoms with van der Waals surface area (Å²) in [5.41, 5.74) is 5.14. The molecule has 1 N–H and O–H groups in total. The Bertz CT molecular complexity index is 1480. The Morgan fingerprint density at radius 1 is 1.14 bits per heavy atom. The summed E-state index contributed by atoms with van der Waals surface area (Å²) >= 11 is 7.60. The maximum absolute atomic E-state index is 13.9. The van der Waals surface area contributed by atoms with Gasteiger partial charge in [0.25, 0.3) is 5.91 Å². The minimum Gasteiger partial charge on any atom is -0.465 e. The van der Waals surface area contributed by atoms with Crippen LogP contribution in [0.25, 0.3) is 22.2 Å². The molecule has 2 aromatic heterocycles. The molecule has 0 fully saturated rings. The fourth-order valence-corrected chi connectivity index (χ4v) is 6.53. The molecule has 0 saturated heterocycles. The number of nitrogens with one attached hydrogen (secondary N) is 1. The summed E-state index contributed by atoms with van der Waals surface area (Å²) < 4.78 is 5.12. The third-order valence-corrected chi connectivity index (χ3v) is 8.46. The van der Waals surface area contributed by atoms with Gasteiger partial charge in [0.2, 0.25) is 0 Å². The van der Waals surface area contributed by atoms with Gasteiger partial charge in [-0.3, -0.25) is 4.79 Å². The van der Waals surface area contributed by atoms with Crippen molar-refractivity contribution >= 4 is 50.7 Å². The Hall–Kier alpha value is -3.22. The van der Waals surface area contributed by atoms with Gasteiger partial charge >= 0.3 is 5.97 Å². The van der Waals surface area contributed by atoms with Gasteiger partial charge in [-0.05, 0) is 61.4 Å². The third kappa shape index (κ3) is 4.40. The van der Waals surface area contributed by atoms with Gasteiger partial charge in [0.15, 0.2) is 0 Å². The number of aromatic nitrogens is 1. The number of rotatable bonds is 5. The zero-order valence-corrected chi connectivity index (χ0v) is 22.1. The molecule has 2 aromatic carbocycles. The number of amides is 1. The fourth-order valence-electron chi connectivity index (χ4n) is 5.06. The van der Waals surface area contributed by atoms with Crippen molar-refractivity contribution in [3.05, 3.63) is 80.7 Å². The van der Waals surface area contributed by atoms with Crippen molar-refractivity contribution in [3.8, 4) is 11.3 Å². The van der Waals surface area contributed by atoms with Gasteiger partial charge < -0.3 is 10.1 Å². The number of benzene rings is 2. The van der Waals surface area contributed by atoms with Gasteiger partial charge in [-0.25, -0.2) is 9.78 Å². The standard InChI is InChI=1S/C29H27ClN2O3S/c1-4-17-9-14-21-23(15-17)36-28(25(21)29(34)35-3)32-27(33)24-16(2)26(18-10-12-19(30)13-11-18)31-22-8-6-5-7-20(22)24/h5-8,10-13,17H,4,9,14-15H2,1-3H3,(H,32,33). The van der Waals surface area contributed by atoms with E-state index >= 15 is 0 Å². The Morgan fingerprint density at radius 2 is 1.89 bits per heavy atom. The molecule has 5 rings (SSSR count). The molecule has 36 heavy (non-hydrogen) atoms.